The number of para-hydroxylation sites is 1. The lowest BCUT2D eigenvalue weighted by atomic mass is 10.2. The number of benzene rings is 1. The summed E-state index contributed by atoms with van der Waals surface area (Å²) in [5.74, 6) is 0.381. The number of ether oxygens (including phenoxy) is 1. The Labute approximate surface area is 120 Å². The maximum absolute atomic E-state index is 10.6. The monoisotopic (exact) mass is 292 g/mol. The summed E-state index contributed by atoms with van der Waals surface area (Å²) >= 11 is 5.88. The first kappa shape index (κ1) is 14.3. The number of hydrogen-bond donors (Lipinski definition) is 1. The molecule has 0 fully saturated rings. The largest absolute Gasteiger partial charge is 0.370 e. The van der Waals surface area contributed by atoms with Crippen LogP contribution in [0.1, 0.15) is 11.4 Å². The maximum Gasteiger partial charge on any atom is 0.243 e. The van der Waals surface area contributed by atoms with Gasteiger partial charge in [0, 0.05) is 6.54 Å². The summed E-state index contributed by atoms with van der Waals surface area (Å²) in [4.78, 5) is 15.0. The van der Waals surface area contributed by atoms with Crippen LogP contribution in [0.2, 0.25) is 0 Å². The second-order valence-electron chi connectivity index (χ2n) is 4.12. The molecule has 0 saturated carbocycles. The molecular weight excluding hydrogens is 280 g/mol. The summed E-state index contributed by atoms with van der Waals surface area (Å²) < 4.78 is 7.02. The van der Waals surface area contributed by atoms with Crippen LogP contribution in [0.25, 0.3) is 11.0 Å². The Morgan fingerprint density at radius 3 is 3.00 bits per heavy atom. The number of rotatable bonds is 6. The average Bonchev–Trinajstić information content (AvgIpc) is 2.81. The molecule has 0 aliphatic rings. The van der Waals surface area contributed by atoms with Crippen molar-refractivity contribution in [3.05, 3.63) is 29.6 Å². The van der Waals surface area contributed by atoms with Gasteiger partial charge in [-0.1, -0.05) is 6.07 Å². The molecule has 2 N–H and O–H groups in total. The number of halogens is 1. The molecule has 7 heteroatoms. The molecule has 20 heavy (non-hydrogen) atoms. The highest BCUT2D eigenvalue weighted by molar-refractivity contribution is 6.16. The van der Waals surface area contributed by atoms with Crippen LogP contribution in [0, 0.1) is 11.3 Å². The number of hydrogen-bond acceptors (Lipinski definition) is 4. The van der Waals surface area contributed by atoms with Crippen LogP contribution in [0.5, 0.6) is 0 Å². The smallest absolute Gasteiger partial charge is 0.243 e. The zero-order valence-electron chi connectivity index (χ0n) is 10.7. The van der Waals surface area contributed by atoms with E-state index in [0.29, 0.717) is 30.1 Å². The Kier molecular flexibility index (Phi) is 4.56. The zero-order chi connectivity index (χ0) is 14.5. The van der Waals surface area contributed by atoms with Crippen molar-refractivity contribution in [2.45, 2.75) is 12.4 Å². The predicted molar refractivity (Wildman–Crippen MR) is 74.0 cm³/mol. The Morgan fingerprint density at radius 2 is 2.35 bits per heavy atom. The van der Waals surface area contributed by atoms with Gasteiger partial charge < -0.3 is 15.0 Å². The van der Waals surface area contributed by atoms with E-state index in [9.17, 15) is 4.79 Å². The van der Waals surface area contributed by atoms with E-state index >= 15 is 0 Å². The lowest BCUT2D eigenvalue weighted by Gasteiger charge is -2.07. The summed E-state index contributed by atoms with van der Waals surface area (Å²) in [5, 5.41) is 9.08. The number of nitriles is 1. The molecule has 104 valence electrons. The van der Waals surface area contributed by atoms with Crippen molar-refractivity contribution < 1.29 is 9.53 Å². The van der Waals surface area contributed by atoms with Crippen molar-refractivity contribution in [3.8, 4) is 6.07 Å². The number of nitrogens with two attached hydrogens (primary N) is 1. The van der Waals surface area contributed by atoms with Gasteiger partial charge in [0.15, 0.2) is 0 Å². The molecule has 0 saturated heterocycles. The molecule has 0 bridgehead atoms. The Hall–Kier alpha value is -2.10. The highest BCUT2D eigenvalue weighted by Gasteiger charge is 2.12. The van der Waals surface area contributed by atoms with Crippen LogP contribution in [0.3, 0.4) is 0 Å². The van der Waals surface area contributed by atoms with Gasteiger partial charge in [0.1, 0.15) is 24.0 Å². The fourth-order valence-electron chi connectivity index (χ4n) is 1.97. The molecule has 0 aliphatic heterocycles. The van der Waals surface area contributed by atoms with Gasteiger partial charge >= 0.3 is 0 Å². The van der Waals surface area contributed by atoms with Crippen LogP contribution in [0.15, 0.2) is 18.2 Å². The number of carbonyl (C=O) groups excluding carboxylic acids is 1. The van der Waals surface area contributed by atoms with E-state index in [4.69, 9.17) is 27.3 Å². The third kappa shape index (κ3) is 2.90. The van der Waals surface area contributed by atoms with Gasteiger partial charge in [-0.25, -0.2) is 4.98 Å². The summed E-state index contributed by atoms with van der Waals surface area (Å²) in [5.41, 5.74) is 6.95. The van der Waals surface area contributed by atoms with Crippen LogP contribution in [-0.4, -0.2) is 28.7 Å². The summed E-state index contributed by atoms with van der Waals surface area (Å²) in [7, 11) is 0. The van der Waals surface area contributed by atoms with E-state index in [1.165, 1.54) is 0 Å². The minimum Gasteiger partial charge on any atom is -0.370 e. The van der Waals surface area contributed by atoms with Gasteiger partial charge in [-0.15, -0.1) is 11.6 Å². The first-order chi connectivity index (χ1) is 9.67. The van der Waals surface area contributed by atoms with Crippen molar-refractivity contribution in [1.29, 1.82) is 5.26 Å². The Morgan fingerprint density at radius 1 is 1.55 bits per heavy atom. The minimum atomic E-state index is -0.509. The summed E-state index contributed by atoms with van der Waals surface area (Å²) in [6, 6.07) is 7.48. The van der Waals surface area contributed by atoms with Gasteiger partial charge in [0.05, 0.1) is 23.6 Å². The van der Waals surface area contributed by atoms with E-state index < -0.39 is 5.91 Å². The van der Waals surface area contributed by atoms with Gasteiger partial charge in [0.2, 0.25) is 5.91 Å². The second-order valence-corrected chi connectivity index (χ2v) is 4.38. The quantitative estimate of drug-likeness (QED) is 0.638. The van der Waals surface area contributed by atoms with E-state index in [-0.39, 0.29) is 12.5 Å². The van der Waals surface area contributed by atoms with Crippen molar-refractivity contribution >= 4 is 28.5 Å². The van der Waals surface area contributed by atoms with E-state index in [0.717, 1.165) is 5.52 Å². The highest BCUT2D eigenvalue weighted by atomic mass is 35.5. The van der Waals surface area contributed by atoms with Crippen LogP contribution in [0.4, 0.5) is 0 Å². The summed E-state index contributed by atoms with van der Waals surface area (Å²) in [6.45, 7) is 0.683. The lowest BCUT2D eigenvalue weighted by molar-refractivity contribution is -0.122. The van der Waals surface area contributed by atoms with Gasteiger partial charge in [-0.3, -0.25) is 4.79 Å². The number of fused-ring (bicyclic) bond motifs is 1. The van der Waals surface area contributed by atoms with Crippen LogP contribution < -0.4 is 5.73 Å². The molecule has 0 aliphatic carbocycles. The Balaban J connectivity index is 2.27. The zero-order valence-corrected chi connectivity index (χ0v) is 11.4. The maximum atomic E-state index is 10.6. The number of aromatic nitrogens is 2. The first-order valence-electron chi connectivity index (χ1n) is 5.97. The molecule has 1 aromatic carbocycles. The second kappa shape index (κ2) is 6.37. The molecular formula is C13H13ClN4O2. The molecule has 1 heterocycles. The number of alkyl halides is 1. The minimum absolute atomic E-state index is 0.119. The van der Waals surface area contributed by atoms with Crippen molar-refractivity contribution in [2.75, 3.05) is 13.2 Å². The molecule has 6 nitrogen and oxygen atoms in total. The molecule has 0 unspecified atom stereocenters. The first-order valence-corrected chi connectivity index (χ1v) is 6.51. The molecule has 0 radical (unpaired) electrons. The number of amides is 1. The van der Waals surface area contributed by atoms with Crippen LogP contribution >= 0.6 is 11.6 Å². The number of imidazole rings is 1. The highest BCUT2D eigenvalue weighted by Crippen LogP contribution is 2.20. The number of nitrogens with zero attached hydrogens (tertiary/aromatic N) is 3. The molecule has 2 aromatic rings. The third-order valence-electron chi connectivity index (χ3n) is 2.80. The van der Waals surface area contributed by atoms with Crippen molar-refractivity contribution in [1.82, 2.24) is 9.55 Å². The molecule has 2 rings (SSSR count). The lowest BCUT2D eigenvalue weighted by Crippen LogP contribution is -2.20. The standard InChI is InChI=1S/C13H13ClN4O2/c14-6-12-17-13-9(7-15)2-1-3-10(13)18(12)4-5-20-8-11(16)19/h1-3H,4-6,8H2,(H2,16,19). The molecule has 0 atom stereocenters. The van der Waals surface area contributed by atoms with E-state index in [1.807, 2.05) is 10.6 Å². The van der Waals surface area contributed by atoms with Crippen molar-refractivity contribution in [3.63, 3.8) is 0 Å². The normalized spacial score (nSPS) is 10.6. The SMILES string of the molecule is N#Cc1cccc2c1nc(CCl)n2CCOCC(N)=O. The fourth-order valence-corrected chi connectivity index (χ4v) is 2.17. The van der Waals surface area contributed by atoms with E-state index in [1.54, 1.807) is 12.1 Å². The van der Waals surface area contributed by atoms with Gasteiger partial charge in [-0.2, -0.15) is 5.26 Å². The molecule has 0 spiro atoms. The number of primary amides is 1. The summed E-state index contributed by atoms with van der Waals surface area (Å²) in [6.07, 6.45) is 0. The van der Waals surface area contributed by atoms with E-state index in [2.05, 4.69) is 11.1 Å². The average molecular weight is 293 g/mol. The third-order valence-corrected chi connectivity index (χ3v) is 3.04. The fraction of sp³-hybridized carbons (Fsp3) is 0.308. The van der Waals surface area contributed by atoms with Gasteiger partial charge in [0.25, 0.3) is 0 Å². The molecule has 1 aromatic heterocycles. The Bertz CT molecular complexity index is 675. The van der Waals surface area contributed by atoms with Crippen LogP contribution in [-0.2, 0) is 22.0 Å². The predicted octanol–water partition coefficient (Wildman–Crippen LogP) is 1.15. The van der Waals surface area contributed by atoms with Crippen molar-refractivity contribution in [2.24, 2.45) is 5.73 Å². The number of carbonyl (C=O) groups is 1. The van der Waals surface area contributed by atoms with Gasteiger partial charge in [-0.05, 0) is 12.1 Å². The molecule has 1 amide bonds. The topological polar surface area (TPSA) is 93.9 Å².